The molecule has 1 N–H and O–H groups in total. The average molecular weight is 305 g/mol. The number of nitrogens with one attached hydrogen (secondary N) is 1. The van der Waals surface area contributed by atoms with Gasteiger partial charge in [0.05, 0.1) is 4.88 Å². The van der Waals surface area contributed by atoms with Crippen molar-refractivity contribution in [1.29, 1.82) is 0 Å². The van der Waals surface area contributed by atoms with Gasteiger partial charge in [0.1, 0.15) is 5.82 Å². The van der Waals surface area contributed by atoms with E-state index in [1.54, 1.807) is 13.0 Å². The van der Waals surface area contributed by atoms with Gasteiger partial charge in [0, 0.05) is 23.4 Å². The number of benzene rings is 1. The Hall–Kier alpha value is -2.01. The Labute approximate surface area is 126 Å². The van der Waals surface area contributed by atoms with Crippen molar-refractivity contribution in [3.05, 3.63) is 51.5 Å². The van der Waals surface area contributed by atoms with Crippen LogP contribution in [-0.4, -0.2) is 11.7 Å². The molecule has 0 unspecified atom stereocenters. The number of hydrogen-bond acceptors (Lipinski definition) is 3. The predicted molar refractivity (Wildman–Crippen MR) is 82.4 cm³/mol. The van der Waals surface area contributed by atoms with Crippen LogP contribution in [0.5, 0.6) is 0 Å². The first-order valence-corrected chi connectivity index (χ1v) is 7.43. The summed E-state index contributed by atoms with van der Waals surface area (Å²) < 4.78 is 13.0. The number of halogens is 1. The summed E-state index contributed by atoms with van der Waals surface area (Å²) in [5.74, 6) is -0.612. The summed E-state index contributed by atoms with van der Waals surface area (Å²) in [6.07, 6.45) is 0.290. The standard InChI is InChI=1S/C16H16FNO2S/c1-10-9-12(17)4-5-13(10)18-16(20)8-6-14(19)15-7-3-11(2)21-15/h3-5,7,9H,6,8H2,1-2H3,(H,18,20). The molecule has 5 heteroatoms. The number of ketones is 1. The molecule has 0 atom stereocenters. The van der Waals surface area contributed by atoms with Crippen LogP contribution in [0.1, 0.15) is 33.0 Å². The van der Waals surface area contributed by atoms with Crippen LogP contribution in [0, 0.1) is 19.7 Å². The van der Waals surface area contributed by atoms with Gasteiger partial charge in [0.25, 0.3) is 0 Å². The van der Waals surface area contributed by atoms with E-state index in [1.165, 1.54) is 29.5 Å². The van der Waals surface area contributed by atoms with Crippen molar-refractivity contribution in [2.24, 2.45) is 0 Å². The zero-order valence-electron chi connectivity index (χ0n) is 11.9. The highest BCUT2D eigenvalue weighted by atomic mass is 32.1. The van der Waals surface area contributed by atoms with Gasteiger partial charge in [0.15, 0.2) is 5.78 Å². The molecule has 0 spiro atoms. The molecule has 1 aromatic heterocycles. The first-order chi connectivity index (χ1) is 9.95. The van der Waals surface area contributed by atoms with E-state index in [-0.39, 0.29) is 30.3 Å². The molecule has 0 saturated carbocycles. The highest BCUT2D eigenvalue weighted by molar-refractivity contribution is 7.14. The number of hydrogen-bond donors (Lipinski definition) is 1. The smallest absolute Gasteiger partial charge is 0.224 e. The van der Waals surface area contributed by atoms with Crippen LogP contribution in [0.15, 0.2) is 30.3 Å². The summed E-state index contributed by atoms with van der Waals surface area (Å²) in [6, 6.07) is 7.84. The topological polar surface area (TPSA) is 46.2 Å². The van der Waals surface area contributed by atoms with Crippen molar-refractivity contribution < 1.29 is 14.0 Å². The van der Waals surface area contributed by atoms with Crippen molar-refractivity contribution in [3.8, 4) is 0 Å². The molecule has 1 heterocycles. The minimum Gasteiger partial charge on any atom is -0.326 e. The molecule has 1 aromatic carbocycles. The lowest BCUT2D eigenvalue weighted by atomic mass is 10.1. The molecule has 0 bridgehead atoms. The molecule has 2 aromatic rings. The number of thiophene rings is 1. The van der Waals surface area contributed by atoms with E-state index in [1.807, 2.05) is 13.0 Å². The van der Waals surface area contributed by atoms with Crippen LogP contribution in [0.25, 0.3) is 0 Å². The molecule has 0 saturated heterocycles. The van der Waals surface area contributed by atoms with E-state index >= 15 is 0 Å². The minimum absolute atomic E-state index is 0.0286. The summed E-state index contributed by atoms with van der Waals surface area (Å²) in [6.45, 7) is 3.66. The lowest BCUT2D eigenvalue weighted by Gasteiger charge is -2.07. The van der Waals surface area contributed by atoms with Crippen LogP contribution in [-0.2, 0) is 4.79 Å². The molecular formula is C16H16FNO2S. The second-order valence-electron chi connectivity index (χ2n) is 4.84. The molecular weight excluding hydrogens is 289 g/mol. The van der Waals surface area contributed by atoms with E-state index in [0.29, 0.717) is 16.1 Å². The van der Waals surface area contributed by atoms with Gasteiger partial charge in [-0.05, 0) is 49.7 Å². The third-order valence-electron chi connectivity index (χ3n) is 3.06. The van der Waals surface area contributed by atoms with Crippen molar-refractivity contribution >= 4 is 28.7 Å². The molecule has 0 fully saturated rings. The van der Waals surface area contributed by atoms with Gasteiger partial charge in [-0.15, -0.1) is 11.3 Å². The maximum atomic E-state index is 13.0. The number of Topliss-reactive ketones (excluding diaryl/α,β-unsaturated/α-hetero) is 1. The summed E-state index contributed by atoms with van der Waals surface area (Å²) in [4.78, 5) is 25.5. The summed E-state index contributed by atoms with van der Waals surface area (Å²) in [5, 5.41) is 2.70. The monoisotopic (exact) mass is 305 g/mol. The van der Waals surface area contributed by atoms with Crippen molar-refractivity contribution in [2.45, 2.75) is 26.7 Å². The molecule has 0 aliphatic heterocycles. The zero-order chi connectivity index (χ0) is 15.4. The normalized spacial score (nSPS) is 10.4. The molecule has 0 aliphatic rings. The summed E-state index contributed by atoms with van der Waals surface area (Å²) in [5.41, 5.74) is 1.23. The Kier molecular flexibility index (Phi) is 4.85. The molecule has 0 radical (unpaired) electrons. The molecule has 2 rings (SSSR count). The minimum atomic E-state index is -0.339. The van der Waals surface area contributed by atoms with Crippen LogP contribution in [0.3, 0.4) is 0 Å². The average Bonchev–Trinajstić information content (AvgIpc) is 2.86. The molecule has 21 heavy (non-hydrogen) atoms. The summed E-state index contributed by atoms with van der Waals surface area (Å²) >= 11 is 1.43. The van der Waals surface area contributed by atoms with Gasteiger partial charge in [-0.1, -0.05) is 0 Å². The highest BCUT2D eigenvalue weighted by Gasteiger charge is 2.12. The van der Waals surface area contributed by atoms with Gasteiger partial charge in [-0.25, -0.2) is 4.39 Å². The predicted octanol–water partition coefficient (Wildman–Crippen LogP) is 4.11. The SMILES string of the molecule is Cc1ccc(C(=O)CCC(=O)Nc2ccc(F)cc2C)s1. The Morgan fingerprint density at radius 1 is 1.14 bits per heavy atom. The van der Waals surface area contributed by atoms with Gasteiger partial charge in [-0.2, -0.15) is 0 Å². The lowest BCUT2D eigenvalue weighted by Crippen LogP contribution is -2.14. The third-order valence-corrected chi connectivity index (χ3v) is 4.10. The molecule has 1 amide bonds. The number of rotatable bonds is 5. The van der Waals surface area contributed by atoms with Gasteiger partial charge in [0.2, 0.25) is 5.91 Å². The van der Waals surface area contributed by atoms with Gasteiger partial charge in [-0.3, -0.25) is 9.59 Å². The maximum absolute atomic E-state index is 13.0. The van der Waals surface area contributed by atoms with Crippen molar-refractivity contribution in [3.63, 3.8) is 0 Å². The maximum Gasteiger partial charge on any atom is 0.224 e. The van der Waals surface area contributed by atoms with E-state index in [9.17, 15) is 14.0 Å². The highest BCUT2D eigenvalue weighted by Crippen LogP contribution is 2.19. The Balaban J connectivity index is 1.89. The third kappa shape index (κ3) is 4.23. The van der Waals surface area contributed by atoms with Crippen LogP contribution >= 0.6 is 11.3 Å². The van der Waals surface area contributed by atoms with Crippen molar-refractivity contribution in [1.82, 2.24) is 0 Å². The van der Waals surface area contributed by atoms with Crippen LogP contribution in [0.4, 0.5) is 10.1 Å². The fraction of sp³-hybridized carbons (Fsp3) is 0.250. The lowest BCUT2D eigenvalue weighted by molar-refractivity contribution is -0.116. The second kappa shape index (κ2) is 6.63. The molecule has 3 nitrogen and oxygen atoms in total. The Morgan fingerprint density at radius 2 is 1.90 bits per heavy atom. The summed E-state index contributed by atoms with van der Waals surface area (Å²) in [7, 11) is 0. The first-order valence-electron chi connectivity index (χ1n) is 6.61. The van der Waals surface area contributed by atoms with Crippen molar-refractivity contribution in [2.75, 3.05) is 5.32 Å². The van der Waals surface area contributed by atoms with Crippen LogP contribution < -0.4 is 5.32 Å². The quantitative estimate of drug-likeness (QED) is 0.845. The molecule has 110 valence electrons. The first kappa shape index (κ1) is 15.4. The number of carbonyl (C=O) groups excluding carboxylic acids is 2. The Morgan fingerprint density at radius 3 is 2.52 bits per heavy atom. The number of amides is 1. The fourth-order valence-corrected chi connectivity index (χ4v) is 2.75. The van der Waals surface area contributed by atoms with E-state index in [0.717, 1.165) is 4.88 Å². The zero-order valence-corrected chi connectivity index (χ0v) is 12.7. The second-order valence-corrected chi connectivity index (χ2v) is 6.13. The Bertz CT molecular complexity index is 679. The van der Waals surface area contributed by atoms with E-state index in [4.69, 9.17) is 0 Å². The van der Waals surface area contributed by atoms with Gasteiger partial charge < -0.3 is 5.32 Å². The van der Waals surface area contributed by atoms with Gasteiger partial charge >= 0.3 is 0 Å². The van der Waals surface area contributed by atoms with E-state index < -0.39 is 0 Å². The molecule has 0 aliphatic carbocycles. The number of aryl methyl sites for hydroxylation is 2. The fourth-order valence-electron chi connectivity index (χ4n) is 1.91. The van der Waals surface area contributed by atoms with E-state index in [2.05, 4.69) is 5.32 Å². The number of anilines is 1. The largest absolute Gasteiger partial charge is 0.326 e. The van der Waals surface area contributed by atoms with Crippen LogP contribution in [0.2, 0.25) is 0 Å². The number of carbonyl (C=O) groups is 2.